The van der Waals surface area contributed by atoms with Crippen LogP contribution >= 0.6 is 0 Å². The number of nitrogens with zero attached hydrogens (tertiary/aromatic N) is 1. The normalized spacial score (nSPS) is 10.5. The van der Waals surface area contributed by atoms with Crippen molar-refractivity contribution in [3.63, 3.8) is 0 Å². The van der Waals surface area contributed by atoms with Gasteiger partial charge in [-0.2, -0.15) is 0 Å². The summed E-state index contributed by atoms with van der Waals surface area (Å²) in [6.45, 7) is 4.11. The van der Waals surface area contributed by atoms with Crippen LogP contribution < -0.4 is 4.74 Å². The van der Waals surface area contributed by atoms with Gasteiger partial charge in [0.05, 0.1) is 7.11 Å². The third kappa shape index (κ3) is 1.33. The number of fused-ring (bicyclic) bond motifs is 1. The summed E-state index contributed by atoms with van der Waals surface area (Å²) in [5.74, 6) is 0.681. The van der Waals surface area contributed by atoms with E-state index in [9.17, 15) is 0 Å². The lowest BCUT2D eigenvalue weighted by Gasteiger charge is -2.07. The molecule has 0 atom stereocenters. The number of ether oxygens (including phenoxy) is 1. The minimum Gasteiger partial charge on any atom is -0.481 e. The maximum atomic E-state index is 5.13. The summed E-state index contributed by atoms with van der Waals surface area (Å²) in [6, 6.07) is 8.20. The number of benzene rings is 1. The van der Waals surface area contributed by atoms with Crippen LogP contribution in [0.3, 0.4) is 0 Å². The SMILES string of the molecule is COc1cc2cccc(C)c2c(C)n1. The second-order valence-electron chi connectivity index (χ2n) is 3.42. The van der Waals surface area contributed by atoms with Gasteiger partial charge in [0.2, 0.25) is 5.88 Å². The number of hydrogen-bond acceptors (Lipinski definition) is 2. The molecule has 0 N–H and O–H groups in total. The highest BCUT2D eigenvalue weighted by Gasteiger charge is 2.04. The highest BCUT2D eigenvalue weighted by molar-refractivity contribution is 5.88. The van der Waals surface area contributed by atoms with Crippen LogP contribution in [0.1, 0.15) is 11.3 Å². The molecular formula is C12H13NO. The molecule has 0 aliphatic rings. The summed E-state index contributed by atoms with van der Waals surface area (Å²) in [5, 5.41) is 2.42. The highest BCUT2D eigenvalue weighted by atomic mass is 16.5. The zero-order valence-electron chi connectivity index (χ0n) is 8.66. The molecule has 0 amide bonds. The minimum atomic E-state index is 0.681. The van der Waals surface area contributed by atoms with Gasteiger partial charge in [-0.1, -0.05) is 18.2 Å². The summed E-state index contributed by atoms with van der Waals surface area (Å²) in [7, 11) is 1.64. The Hall–Kier alpha value is -1.57. The van der Waals surface area contributed by atoms with E-state index in [0.717, 1.165) is 5.69 Å². The van der Waals surface area contributed by atoms with E-state index >= 15 is 0 Å². The maximum Gasteiger partial charge on any atom is 0.213 e. The maximum absolute atomic E-state index is 5.13. The Morgan fingerprint density at radius 2 is 2.00 bits per heavy atom. The first kappa shape index (κ1) is 9.00. The summed E-state index contributed by atoms with van der Waals surface area (Å²) in [4.78, 5) is 4.36. The van der Waals surface area contributed by atoms with Crippen LogP contribution in [0.15, 0.2) is 24.3 Å². The van der Waals surface area contributed by atoms with Crippen LogP contribution in [0.5, 0.6) is 5.88 Å². The quantitative estimate of drug-likeness (QED) is 0.684. The van der Waals surface area contributed by atoms with Crippen LogP contribution in [0.25, 0.3) is 10.8 Å². The molecule has 0 unspecified atom stereocenters. The molecule has 0 bridgehead atoms. The average molecular weight is 187 g/mol. The molecule has 2 heteroatoms. The van der Waals surface area contributed by atoms with Gasteiger partial charge in [0.1, 0.15) is 0 Å². The van der Waals surface area contributed by atoms with E-state index in [1.807, 2.05) is 13.0 Å². The van der Waals surface area contributed by atoms with Gasteiger partial charge in [-0.3, -0.25) is 0 Å². The zero-order chi connectivity index (χ0) is 10.1. The predicted molar refractivity (Wildman–Crippen MR) is 57.8 cm³/mol. The fourth-order valence-electron chi connectivity index (χ4n) is 1.80. The lowest BCUT2D eigenvalue weighted by Crippen LogP contribution is -1.92. The zero-order valence-corrected chi connectivity index (χ0v) is 8.66. The fourth-order valence-corrected chi connectivity index (χ4v) is 1.80. The topological polar surface area (TPSA) is 22.1 Å². The Morgan fingerprint density at radius 1 is 1.21 bits per heavy atom. The Balaban J connectivity index is 2.83. The molecule has 2 aromatic rings. The van der Waals surface area contributed by atoms with Gasteiger partial charge in [-0.25, -0.2) is 4.98 Å². The van der Waals surface area contributed by atoms with Crippen molar-refractivity contribution < 1.29 is 4.74 Å². The molecule has 2 rings (SSSR count). The number of hydrogen-bond donors (Lipinski definition) is 0. The second kappa shape index (κ2) is 3.29. The molecule has 0 spiro atoms. The Kier molecular flexibility index (Phi) is 2.12. The van der Waals surface area contributed by atoms with E-state index in [2.05, 4.69) is 30.1 Å². The average Bonchev–Trinajstić information content (AvgIpc) is 2.17. The predicted octanol–water partition coefficient (Wildman–Crippen LogP) is 2.86. The number of aromatic nitrogens is 1. The second-order valence-corrected chi connectivity index (χ2v) is 3.42. The Morgan fingerprint density at radius 3 is 2.71 bits per heavy atom. The molecule has 0 fully saturated rings. The largest absolute Gasteiger partial charge is 0.481 e. The van der Waals surface area contributed by atoms with E-state index < -0.39 is 0 Å². The van der Waals surface area contributed by atoms with E-state index in [4.69, 9.17) is 4.74 Å². The van der Waals surface area contributed by atoms with Crippen LogP contribution in [0.4, 0.5) is 0 Å². The van der Waals surface area contributed by atoms with Gasteiger partial charge in [-0.05, 0) is 24.8 Å². The summed E-state index contributed by atoms with van der Waals surface area (Å²) in [5.41, 5.74) is 2.28. The first-order valence-electron chi connectivity index (χ1n) is 4.63. The van der Waals surface area contributed by atoms with Crippen molar-refractivity contribution >= 4 is 10.8 Å². The van der Waals surface area contributed by atoms with Crippen molar-refractivity contribution in [1.82, 2.24) is 4.98 Å². The van der Waals surface area contributed by atoms with E-state index in [1.54, 1.807) is 7.11 Å². The third-order valence-corrected chi connectivity index (χ3v) is 2.43. The van der Waals surface area contributed by atoms with Crippen molar-refractivity contribution in [1.29, 1.82) is 0 Å². The van der Waals surface area contributed by atoms with Crippen LogP contribution in [0, 0.1) is 13.8 Å². The van der Waals surface area contributed by atoms with Gasteiger partial charge in [0.15, 0.2) is 0 Å². The van der Waals surface area contributed by atoms with Crippen molar-refractivity contribution in [3.8, 4) is 5.88 Å². The Labute approximate surface area is 83.5 Å². The van der Waals surface area contributed by atoms with Crippen molar-refractivity contribution in [2.75, 3.05) is 7.11 Å². The van der Waals surface area contributed by atoms with Gasteiger partial charge < -0.3 is 4.74 Å². The molecule has 2 nitrogen and oxygen atoms in total. The van der Waals surface area contributed by atoms with Crippen molar-refractivity contribution in [2.24, 2.45) is 0 Å². The first-order chi connectivity index (χ1) is 6.72. The van der Waals surface area contributed by atoms with Crippen LogP contribution in [0.2, 0.25) is 0 Å². The third-order valence-electron chi connectivity index (χ3n) is 2.43. The molecule has 72 valence electrons. The van der Waals surface area contributed by atoms with Crippen molar-refractivity contribution in [3.05, 3.63) is 35.5 Å². The van der Waals surface area contributed by atoms with Gasteiger partial charge in [0.25, 0.3) is 0 Å². The summed E-state index contributed by atoms with van der Waals surface area (Å²) >= 11 is 0. The van der Waals surface area contributed by atoms with Crippen LogP contribution in [-0.2, 0) is 0 Å². The number of aryl methyl sites for hydroxylation is 2. The van der Waals surface area contributed by atoms with E-state index in [-0.39, 0.29) is 0 Å². The smallest absolute Gasteiger partial charge is 0.213 e. The molecule has 1 aromatic carbocycles. The monoisotopic (exact) mass is 187 g/mol. The summed E-state index contributed by atoms with van der Waals surface area (Å²) < 4.78 is 5.13. The fraction of sp³-hybridized carbons (Fsp3) is 0.250. The number of methoxy groups -OCH3 is 1. The lowest BCUT2D eigenvalue weighted by molar-refractivity contribution is 0.398. The molecule has 0 radical (unpaired) electrons. The molecule has 0 aliphatic heterocycles. The minimum absolute atomic E-state index is 0.681. The Bertz CT molecular complexity index is 477. The molecule has 0 aliphatic carbocycles. The van der Waals surface area contributed by atoms with Crippen LogP contribution in [-0.4, -0.2) is 12.1 Å². The number of rotatable bonds is 1. The lowest BCUT2D eigenvalue weighted by atomic mass is 10.1. The molecular weight excluding hydrogens is 174 g/mol. The summed E-state index contributed by atoms with van der Waals surface area (Å²) in [6.07, 6.45) is 0. The first-order valence-corrected chi connectivity index (χ1v) is 4.63. The molecule has 1 aromatic heterocycles. The van der Waals surface area contributed by atoms with E-state index in [1.165, 1.54) is 16.3 Å². The molecule has 1 heterocycles. The molecule has 0 saturated heterocycles. The number of pyridine rings is 1. The highest BCUT2D eigenvalue weighted by Crippen LogP contribution is 2.24. The van der Waals surface area contributed by atoms with Gasteiger partial charge >= 0.3 is 0 Å². The van der Waals surface area contributed by atoms with E-state index in [0.29, 0.717) is 5.88 Å². The standard InChI is InChI=1S/C12H13NO/c1-8-5-4-6-10-7-11(14-3)13-9(2)12(8)10/h4-7H,1-3H3. The molecule has 0 saturated carbocycles. The van der Waals surface area contributed by atoms with Gasteiger partial charge in [0, 0.05) is 17.1 Å². The molecule has 14 heavy (non-hydrogen) atoms. The van der Waals surface area contributed by atoms with Gasteiger partial charge in [-0.15, -0.1) is 0 Å². The van der Waals surface area contributed by atoms with Crippen molar-refractivity contribution in [2.45, 2.75) is 13.8 Å².